The number of aromatic nitrogens is 5. The highest BCUT2D eigenvalue weighted by molar-refractivity contribution is 6.41. The highest BCUT2D eigenvalue weighted by atomic mass is 35.5. The summed E-state index contributed by atoms with van der Waals surface area (Å²) in [4.78, 5) is 29.9. The molecule has 0 radical (unpaired) electrons. The van der Waals surface area contributed by atoms with Crippen LogP contribution in [0, 0.1) is 11.3 Å². The molecule has 1 aromatic carbocycles. The van der Waals surface area contributed by atoms with Gasteiger partial charge in [-0.1, -0.05) is 23.2 Å². The fourth-order valence-electron chi connectivity index (χ4n) is 4.94. The average Bonchev–Trinajstić information content (AvgIpc) is 3.42. The third-order valence-electron chi connectivity index (χ3n) is 7.08. The van der Waals surface area contributed by atoms with E-state index in [0.717, 1.165) is 31.4 Å². The van der Waals surface area contributed by atoms with Gasteiger partial charge in [0, 0.05) is 68.4 Å². The van der Waals surface area contributed by atoms with E-state index in [1.165, 1.54) is 14.2 Å². The number of hydrogen-bond acceptors (Lipinski definition) is 10. The zero-order valence-electron chi connectivity index (χ0n) is 22.9. The molecular weight excluding hydrogens is 569 g/mol. The van der Waals surface area contributed by atoms with Gasteiger partial charge in [0.25, 0.3) is 0 Å². The summed E-state index contributed by atoms with van der Waals surface area (Å²) in [5, 5.41) is 17.9. The van der Waals surface area contributed by atoms with Gasteiger partial charge in [-0.05, 0) is 19.0 Å². The van der Waals surface area contributed by atoms with Crippen LogP contribution in [0.1, 0.15) is 18.7 Å². The second kappa shape index (κ2) is 12.3. The Bertz CT molecular complexity index is 1620. The van der Waals surface area contributed by atoms with Crippen LogP contribution in [-0.2, 0) is 11.2 Å². The van der Waals surface area contributed by atoms with Gasteiger partial charge >= 0.3 is 0 Å². The predicted octanol–water partition coefficient (Wildman–Crippen LogP) is 3.70. The number of hydrogen-bond donors (Lipinski definition) is 1. The fraction of sp³-hybridized carbons (Fsp3) is 0.407. The van der Waals surface area contributed by atoms with Crippen LogP contribution in [0.25, 0.3) is 27.8 Å². The van der Waals surface area contributed by atoms with Crippen molar-refractivity contribution in [2.45, 2.75) is 19.3 Å². The molecule has 1 aliphatic heterocycles. The Kier molecular flexibility index (Phi) is 8.58. The zero-order chi connectivity index (χ0) is 29.1. The summed E-state index contributed by atoms with van der Waals surface area (Å²) in [6.07, 6.45) is 3.08. The van der Waals surface area contributed by atoms with Gasteiger partial charge in [-0.25, -0.2) is 9.97 Å². The van der Waals surface area contributed by atoms with Crippen LogP contribution in [0.5, 0.6) is 11.5 Å². The number of aryl methyl sites for hydroxylation is 1. The monoisotopic (exact) mass is 597 g/mol. The summed E-state index contributed by atoms with van der Waals surface area (Å²) in [6, 6.07) is 5.46. The number of carbonyl (C=O) groups excluding carboxylic acids is 1. The first kappa shape index (κ1) is 28.6. The van der Waals surface area contributed by atoms with Crippen LogP contribution in [0.15, 0.2) is 18.3 Å². The molecule has 0 atom stereocenters. The predicted molar refractivity (Wildman–Crippen MR) is 156 cm³/mol. The quantitative estimate of drug-likeness (QED) is 0.304. The molecule has 5 rings (SSSR count). The van der Waals surface area contributed by atoms with Gasteiger partial charge in [-0.15, -0.1) is 5.10 Å². The molecule has 0 aliphatic carbocycles. The number of pyridine rings is 1. The lowest BCUT2D eigenvalue weighted by atomic mass is 10.0. The van der Waals surface area contributed by atoms with E-state index in [2.05, 4.69) is 20.2 Å². The van der Waals surface area contributed by atoms with Crippen molar-refractivity contribution in [3.05, 3.63) is 34.2 Å². The molecule has 1 aliphatic rings. The Labute approximate surface area is 246 Å². The van der Waals surface area contributed by atoms with Crippen LogP contribution in [0.2, 0.25) is 10.0 Å². The number of nitrogens with one attached hydrogen (secondary N) is 1. The number of rotatable bonds is 9. The van der Waals surface area contributed by atoms with Crippen molar-refractivity contribution in [2.75, 3.05) is 59.3 Å². The molecule has 41 heavy (non-hydrogen) atoms. The summed E-state index contributed by atoms with van der Waals surface area (Å²) in [6.45, 7) is 3.62. The Morgan fingerprint density at radius 3 is 2.41 bits per heavy atom. The van der Waals surface area contributed by atoms with Crippen LogP contribution in [0.4, 0.5) is 5.95 Å². The number of benzene rings is 1. The van der Waals surface area contributed by atoms with Crippen molar-refractivity contribution in [2.24, 2.45) is 0 Å². The normalized spacial score (nSPS) is 13.9. The van der Waals surface area contributed by atoms with E-state index in [1.807, 2.05) is 12.1 Å². The highest BCUT2D eigenvalue weighted by Gasteiger charge is 2.24. The summed E-state index contributed by atoms with van der Waals surface area (Å²) in [5.41, 5.74) is 2.28. The number of fused-ring (bicyclic) bond motifs is 3. The number of anilines is 1. The van der Waals surface area contributed by atoms with Crippen molar-refractivity contribution in [3.8, 4) is 28.7 Å². The van der Waals surface area contributed by atoms with E-state index in [9.17, 15) is 4.79 Å². The van der Waals surface area contributed by atoms with Crippen molar-refractivity contribution in [1.29, 1.82) is 5.26 Å². The van der Waals surface area contributed by atoms with Gasteiger partial charge in [-0.3, -0.25) is 9.69 Å². The van der Waals surface area contributed by atoms with E-state index in [-0.39, 0.29) is 12.3 Å². The van der Waals surface area contributed by atoms with Crippen molar-refractivity contribution in [1.82, 2.24) is 34.4 Å². The van der Waals surface area contributed by atoms with Crippen molar-refractivity contribution < 1.29 is 14.3 Å². The summed E-state index contributed by atoms with van der Waals surface area (Å²) < 4.78 is 12.7. The summed E-state index contributed by atoms with van der Waals surface area (Å²) in [7, 11) is 4.81. The second-order valence-corrected chi connectivity index (χ2v) is 10.2. The van der Waals surface area contributed by atoms with Crippen molar-refractivity contribution in [3.63, 3.8) is 0 Å². The third-order valence-corrected chi connectivity index (χ3v) is 7.84. The summed E-state index contributed by atoms with van der Waals surface area (Å²) >= 11 is 13.6. The highest BCUT2D eigenvalue weighted by Crippen LogP contribution is 2.47. The standard InChI is InChI=1S/C27H29Cl2N9O3/c1-31-27-32-15-16-13-17(22-23(28)18(40-2)14-19(41-3)24(22)29)26-33-20(35-38(26)25(16)34-27)5-4-8-36-9-11-37(12-10-36)21(39)6-7-30/h13-15H,4-6,8-12H2,1-3H3,(H,31,32,34). The van der Waals surface area contributed by atoms with Crippen molar-refractivity contribution >= 4 is 51.7 Å². The number of ether oxygens (including phenoxy) is 2. The minimum absolute atomic E-state index is 0.0735. The Morgan fingerprint density at radius 2 is 1.78 bits per heavy atom. The first-order valence-corrected chi connectivity index (χ1v) is 13.8. The SMILES string of the molecule is CNc1ncc2cc(-c3c(Cl)c(OC)cc(OC)c3Cl)c3nc(CCCN4CCN(C(=O)CC#N)CC4)nn3c2n1. The van der Waals surface area contributed by atoms with Gasteiger partial charge in [0.2, 0.25) is 11.9 Å². The minimum Gasteiger partial charge on any atom is -0.495 e. The number of methoxy groups -OCH3 is 2. The number of nitriles is 1. The van der Waals surface area contributed by atoms with E-state index in [0.29, 0.717) is 75.2 Å². The molecule has 0 unspecified atom stereocenters. The Hall–Kier alpha value is -3.92. The van der Waals surface area contributed by atoms with E-state index in [4.69, 9.17) is 48.0 Å². The molecule has 3 aromatic heterocycles. The molecule has 1 saturated heterocycles. The first-order chi connectivity index (χ1) is 19.9. The van der Waals surface area contributed by atoms with E-state index in [1.54, 1.807) is 28.7 Å². The van der Waals surface area contributed by atoms with E-state index >= 15 is 0 Å². The van der Waals surface area contributed by atoms with Gasteiger partial charge in [0.15, 0.2) is 17.1 Å². The topological polar surface area (TPSA) is 134 Å². The van der Waals surface area contributed by atoms with Crippen LogP contribution < -0.4 is 14.8 Å². The molecule has 0 spiro atoms. The Balaban J connectivity index is 1.47. The van der Waals surface area contributed by atoms with Gasteiger partial charge in [0.1, 0.15) is 17.9 Å². The Morgan fingerprint density at radius 1 is 1.07 bits per heavy atom. The van der Waals surface area contributed by atoms with Gasteiger partial charge < -0.3 is 19.7 Å². The number of halogens is 2. The maximum atomic E-state index is 12.0. The third kappa shape index (κ3) is 5.66. The van der Waals surface area contributed by atoms with Crippen LogP contribution in [-0.4, -0.2) is 94.3 Å². The van der Waals surface area contributed by atoms with Crippen LogP contribution >= 0.6 is 23.2 Å². The number of piperazine rings is 1. The molecule has 214 valence electrons. The maximum Gasteiger partial charge on any atom is 0.236 e. The molecule has 0 bridgehead atoms. The van der Waals surface area contributed by atoms with E-state index < -0.39 is 0 Å². The molecule has 12 nitrogen and oxygen atoms in total. The second-order valence-electron chi connectivity index (χ2n) is 9.49. The smallest absolute Gasteiger partial charge is 0.236 e. The van der Waals surface area contributed by atoms with Gasteiger partial charge in [-0.2, -0.15) is 14.8 Å². The summed E-state index contributed by atoms with van der Waals surface area (Å²) in [5.74, 6) is 1.82. The minimum atomic E-state index is -0.108. The molecule has 14 heteroatoms. The molecule has 1 amide bonds. The molecule has 4 aromatic rings. The lowest BCUT2D eigenvalue weighted by molar-refractivity contribution is -0.131. The molecule has 4 heterocycles. The largest absolute Gasteiger partial charge is 0.495 e. The number of amides is 1. The number of carbonyl (C=O) groups is 1. The fourth-order valence-corrected chi connectivity index (χ4v) is 5.65. The lowest BCUT2D eigenvalue weighted by Gasteiger charge is -2.34. The molecule has 1 fully saturated rings. The maximum absolute atomic E-state index is 12.0. The average molecular weight is 598 g/mol. The van der Waals surface area contributed by atoms with Gasteiger partial charge in [0.05, 0.1) is 30.3 Å². The molecule has 0 saturated carbocycles. The molecule has 1 N–H and O–H groups in total. The molecular formula is C27H29Cl2N9O3. The first-order valence-electron chi connectivity index (χ1n) is 13.1. The van der Waals surface area contributed by atoms with Crippen LogP contribution in [0.3, 0.4) is 0 Å². The zero-order valence-corrected chi connectivity index (χ0v) is 24.5. The lowest BCUT2D eigenvalue weighted by Crippen LogP contribution is -2.48. The number of nitrogens with zero attached hydrogens (tertiary/aromatic N) is 8.